The second kappa shape index (κ2) is 7.14. The molecule has 0 unspecified atom stereocenters. The summed E-state index contributed by atoms with van der Waals surface area (Å²) < 4.78 is 4.94. The summed E-state index contributed by atoms with van der Waals surface area (Å²) >= 11 is 0. The average molecular weight is 210 g/mol. The maximum absolute atomic E-state index is 4.94. The van der Waals surface area contributed by atoms with Crippen molar-refractivity contribution < 1.29 is 4.74 Å². The van der Waals surface area contributed by atoms with Crippen molar-refractivity contribution in [2.24, 2.45) is 0 Å². The molecule has 1 heterocycles. The lowest BCUT2D eigenvalue weighted by Crippen LogP contribution is -2.31. The van der Waals surface area contributed by atoms with Crippen LogP contribution in [0.4, 0.5) is 5.82 Å². The fourth-order valence-corrected chi connectivity index (χ4v) is 1.17. The first-order chi connectivity index (χ1) is 7.34. The molecule has 0 saturated heterocycles. The van der Waals surface area contributed by atoms with Crippen LogP contribution in [-0.2, 0) is 4.74 Å². The van der Waals surface area contributed by atoms with E-state index in [1.165, 1.54) is 0 Å². The third-order valence-corrected chi connectivity index (χ3v) is 2.06. The second-order valence-corrected chi connectivity index (χ2v) is 3.23. The molecule has 5 nitrogen and oxygen atoms in total. The van der Waals surface area contributed by atoms with Gasteiger partial charge in [-0.15, -0.1) is 0 Å². The van der Waals surface area contributed by atoms with Crippen molar-refractivity contribution in [3.63, 3.8) is 0 Å². The molecule has 0 spiro atoms. The van der Waals surface area contributed by atoms with Crippen molar-refractivity contribution in [2.75, 3.05) is 45.3 Å². The van der Waals surface area contributed by atoms with E-state index in [1.54, 1.807) is 19.6 Å². The lowest BCUT2D eigenvalue weighted by molar-refractivity contribution is 0.200. The fourth-order valence-electron chi connectivity index (χ4n) is 1.17. The Balaban J connectivity index is 2.16. The van der Waals surface area contributed by atoms with Crippen molar-refractivity contribution in [1.82, 2.24) is 15.3 Å². The van der Waals surface area contributed by atoms with E-state index in [9.17, 15) is 0 Å². The number of ether oxygens (including phenoxy) is 1. The van der Waals surface area contributed by atoms with Gasteiger partial charge in [0.05, 0.1) is 6.61 Å². The van der Waals surface area contributed by atoms with Crippen LogP contribution in [0.5, 0.6) is 0 Å². The summed E-state index contributed by atoms with van der Waals surface area (Å²) in [6.07, 6.45) is 3.31. The quantitative estimate of drug-likeness (QED) is 0.649. The molecule has 0 aromatic carbocycles. The predicted octanol–water partition coefficient (Wildman–Crippen LogP) is 0.149. The zero-order valence-corrected chi connectivity index (χ0v) is 9.31. The highest BCUT2D eigenvalue weighted by Gasteiger charge is 1.99. The first kappa shape index (κ1) is 11.9. The Morgan fingerprint density at radius 2 is 2.33 bits per heavy atom. The van der Waals surface area contributed by atoms with Crippen molar-refractivity contribution in [2.45, 2.75) is 0 Å². The molecule has 5 heteroatoms. The average Bonchev–Trinajstić information content (AvgIpc) is 2.30. The summed E-state index contributed by atoms with van der Waals surface area (Å²) in [5.41, 5.74) is 0. The minimum atomic E-state index is 0.747. The number of hydrogen-bond donors (Lipinski definition) is 1. The number of nitrogens with zero attached hydrogens (tertiary/aromatic N) is 3. The van der Waals surface area contributed by atoms with Crippen molar-refractivity contribution >= 4 is 5.82 Å². The molecule has 0 amide bonds. The maximum Gasteiger partial charge on any atom is 0.131 e. The summed E-state index contributed by atoms with van der Waals surface area (Å²) in [6, 6.07) is 1.90. The van der Waals surface area contributed by atoms with Crippen molar-refractivity contribution in [3.8, 4) is 0 Å². The number of aromatic nitrogens is 2. The number of methoxy groups -OCH3 is 1. The van der Waals surface area contributed by atoms with E-state index in [0.717, 1.165) is 32.1 Å². The van der Waals surface area contributed by atoms with Crippen LogP contribution < -0.4 is 10.2 Å². The lowest BCUT2D eigenvalue weighted by atomic mass is 10.5. The summed E-state index contributed by atoms with van der Waals surface area (Å²) in [4.78, 5) is 10.1. The zero-order chi connectivity index (χ0) is 10.9. The molecule has 15 heavy (non-hydrogen) atoms. The molecule has 0 fully saturated rings. The van der Waals surface area contributed by atoms with Crippen LogP contribution in [-0.4, -0.2) is 50.4 Å². The smallest absolute Gasteiger partial charge is 0.131 e. The van der Waals surface area contributed by atoms with Crippen LogP contribution >= 0.6 is 0 Å². The highest BCUT2D eigenvalue weighted by molar-refractivity contribution is 5.34. The van der Waals surface area contributed by atoms with Gasteiger partial charge in [0.2, 0.25) is 0 Å². The number of hydrogen-bond acceptors (Lipinski definition) is 5. The molecule has 0 saturated carbocycles. The summed E-state index contributed by atoms with van der Waals surface area (Å²) in [5.74, 6) is 0.943. The molecule has 1 aromatic heterocycles. The molecule has 1 rings (SSSR count). The number of likely N-dealkylation sites (N-methyl/N-ethyl adjacent to an activating group) is 1. The van der Waals surface area contributed by atoms with Gasteiger partial charge in [-0.25, -0.2) is 9.97 Å². The van der Waals surface area contributed by atoms with Gasteiger partial charge < -0.3 is 15.0 Å². The van der Waals surface area contributed by atoms with E-state index in [2.05, 4.69) is 20.2 Å². The fraction of sp³-hybridized carbons (Fsp3) is 0.600. The molecule has 0 radical (unpaired) electrons. The molecule has 0 aliphatic rings. The Morgan fingerprint density at radius 1 is 1.47 bits per heavy atom. The van der Waals surface area contributed by atoms with E-state index >= 15 is 0 Å². The van der Waals surface area contributed by atoms with Crippen LogP contribution in [0.1, 0.15) is 0 Å². The van der Waals surface area contributed by atoms with Gasteiger partial charge in [0.15, 0.2) is 0 Å². The molecule has 1 N–H and O–H groups in total. The first-order valence-electron chi connectivity index (χ1n) is 5.01. The highest BCUT2D eigenvalue weighted by atomic mass is 16.5. The normalized spacial score (nSPS) is 10.3. The first-order valence-corrected chi connectivity index (χ1v) is 5.01. The SMILES string of the molecule is COCCNCCN(C)c1ccncn1. The van der Waals surface area contributed by atoms with Gasteiger partial charge in [0, 0.05) is 40.0 Å². The van der Waals surface area contributed by atoms with Crippen LogP contribution in [0, 0.1) is 0 Å². The third-order valence-electron chi connectivity index (χ3n) is 2.06. The van der Waals surface area contributed by atoms with Gasteiger partial charge in [0.25, 0.3) is 0 Å². The minimum absolute atomic E-state index is 0.747. The predicted molar refractivity (Wildman–Crippen MR) is 60.0 cm³/mol. The second-order valence-electron chi connectivity index (χ2n) is 3.23. The monoisotopic (exact) mass is 210 g/mol. The van der Waals surface area contributed by atoms with Crippen molar-refractivity contribution in [3.05, 3.63) is 18.6 Å². The van der Waals surface area contributed by atoms with Gasteiger partial charge >= 0.3 is 0 Å². The van der Waals surface area contributed by atoms with Crippen LogP contribution in [0.3, 0.4) is 0 Å². The van der Waals surface area contributed by atoms with Gasteiger partial charge in [-0.2, -0.15) is 0 Å². The molecule has 0 atom stereocenters. The van der Waals surface area contributed by atoms with Crippen LogP contribution in [0.15, 0.2) is 18.6 Å². The van der Waals surface area contributed by atoms with E-state index < -0.39 is 0 Å². The molecular weight excluding hydrogens is 192 g/mol. The maximum atomic E-state index is 4.94. The topological polar surface area (TPSA) is 50.3 Å². The summed E-state index contributed by atoms with van der Waals surface area (Å²) in [6.45, 7) is 3.47. The Morgan fingerprint density at radius 3 is 3.00 bits per heavy atom. The molecule has 0 aliphatic carbocycles. The van der Waals surface area contributed by atoms with Gasteiger partial charge in [0.1, 0.15) is 12.1 Å². The highest BCUT2D eigenvalue weighted by Crippen LogP contribution is 2.03. The lowest BCUT2D eigenvalue weighted by Gasteiger charge is -2.17. The molecule has 1 aromatic rings. The summed E-state index contributed by atoms with van der Waals surface area (Å²) in [7, 11) is 3.72. The Labute approximate surface area is 90.5 Å². The number of rotatable bonds is 7. The zero-order valence-electron chi connectivity index (χ0n) is 9.31. The molecule has 0 aliphatic heterocycles. The van der Waals surface area contributed by atoms with E-state index in [-0.39, 0.29) is 0 Å². The Bertz CT molecular complexity index is 255. The number of anilines is 1. The standard InChI is InChI=1S/C10H18N4O/c1-14(7-5-11-6-8-15-2)10-3-4-12-9-13-10/h3-4,9,11H,5-8H2,1-2H3. The number of nitrogens with one attached hydrogen (secondary N) is 1. The molecule has 84 valence electrons. The third kappa shape index (κ3) is 4.71. The van der Waals surface area contributed by atoms with Gasteiger partial charge in [-0.05, 0) is 6.07 Å². The van der Waals surface area contributed by atoms with E-state index in [1.807, 2.05) is 13.1 Å². The Hall–Kier alpha value is -1.20. The Kier molecular flexibility index (Phi) is 5.65. The minimum Gasteiger partial charge on any atom is -0.383 e. The largest absolute Gasteiger partial charge is 0.383 e. The van der Waals surface area contributed by atoms with Crippen LogP contribution in [0.25, 0.3) is 0 Å². The summed E-state index contributed by atoms with van der Waals surface area (Å²) in [5, 5.41) is 3.28. The van der Waals surface area contributed by atoms with Gasteiger partial charge in [-0.1, -0.05) is 0 Å². The van der Waals surface area contributed by atoms with E-state index in [0.29, 0.717) is 0 Å². The van der Waals surface area contributed by atoms with Crippen molar-refractivity contribution in [1.29, 1.82) is 0 Å². The van der Waals surface area contributed by atoms with Crippen LogP contribution in [0.2, 0.25) is 0 Å². The molecular formula is C10H18N4O. The van der Waals surface area contributed by atoms with E-state index in [4.69, 9.17) is 4.74 Å². The molecule has 0 bridgehead atoms. The van der Waals surface area contributed by atoms with Gasteiger partial charge in [-0.3, -0.25) is 0 Å².